The summed E-state index contributed by atoms with van der Waals surface area (Å²) in [4.78, 5) is 11.9. The van der Waals surface area contributed by atoms with Crippen LogP contribution < -0.4 is 15.4 Å². The predicted molar refractivity (Wildman–Crippen MR) is 75.8 cm³/mol. The second kappa shape index (κ2) is 7.88. The van der Waals surface area contributed by atoms with E-state index in [4.69, 9.17) is 4.74 Å². The van der Waals surface area contributed by atoms with Gasteiger partial charge in [0.05, 0.1) is 17.8 Å². The van der Waals surface area contributed by atoms with Crippen LogP contribution in [0.5, 0.6) is 5.75 Å². The Hall–Kier alpha value is -1.96. The molecular weight excluding hydrogens is 301 g/mol. The number of rotatable bonds is 7. The number of alkyl halides is 2. The number of aliphatic hydroxyl groups is 1. The molecule has 0 saturated carbocycles. The summed E-state index contributed by atoms with van der Waals surface area (Å²) < 4.78 is 42.3. The Morgan fingerprint density at radius 1 is 1.45 bits per heavy atom. The molecule has 5 nitrogen and oxygen atoms in total. The van der Waals surface area contributed by atoms with Gasteiger partial charge in [-0.25, -0.2) is 18.0 Å². The van der Waals surface area contributed by atoms with Crippen LogP contribution in [-0.4, -0.2) is 36.3 Å². The number of carbonyl (C=O) groups is 1. The maximum Gasteiger partial charge on any atom is 0.319 e. The zero-order chi connectivity index (χ0) is 16.8. The van der Waals surface area contributed by atoms with Crippen LogP contribution in [0.1, 0.15) is 20.3 Å². The number of hydrogen-bond acceptors (Lipinski definition) is 3. The van der Waals surface area contributed by atoms with E-state index in [-0.39, 0.29) is 18.0 Å². The first-order valence-electron chi connectivity index (χ1n) is 6.70. The molecule has 0 aliphatic rings. The molecule has 0 fully saturated rings. The molecule has 0 heterocycles. The fourth-order valence-corrected chi connectivity index (χ4v) is 1.54. The van der Waals surface area contributed by atoms with E-state index in [2.05, 4.69) is 10.6 Å². The third-order valence-corrected chi connectivity index (χ3v) is 3.10. The number of urea groups is 1. The van der Waals surface area contributed by atoms with Crippen molar-refractivity contribution in [1.82, 2.24) is 5.32 Å². The zero-order valence-corrected chi connectivity index (χ0v) is 12.3. The van der Waals surface area contributed by atoms with E-state index in [0.717, 1.165) is 12.1 Å². The highest BCUT2D eigenvalue weighted by Crippen LogP contribution is 2.26. The first-order valence-corrected chi connectivity index (χ1v) is 6.70. The van der Waals surface area contributed by atoms with Crippen LogP contribution in [0, 0.1) is 5.82 Å². The van der Waals surface area contributed by atoms with Crippen LogP contribution in [0.15, 0.2) is 18.2 Å². The number of nitrogens with one attached hydrogen (secondary N) is 2. The molecule has 1 aromatic carbocycles. The van der Waals surface area contributed by atoms with Crippen LogP contribution in [0.4, 0.5) is 23.7 Å². The van der Waals surface area contributed by atoms with Crippen molar-refractivity contribution in [2.45, 2.75) is 32.2 Å². The molecule has 1 atom stereocenters. The molecule has 2 amide bonds. The fraction of sp³-hybridized carbons (Fsp3) is 0.500. The largest absolute Gasteiger partial charge is 0.485 e. The van der Waals surface area contributed by atoms with Crippen molar-refractivity contribution in [3.8, 4) is 5.75 Å². The van der Waals surface area contributed by atoms with Crippen LogP contribution in [0.2, 0.25) is 0 Å². The maximum atomic E-state index is 13.2. The van der Waals surface area contributed by atoms with Crippen molar-refractivity contribution in [2.75, 3.05) is 18.5 Å². The number of benzene rings is 1. The predicted octanol–water partition coefficient (Wildman–Crippen LogP) is 2.75. The lowest BCUT2D eigenvalue weighted by atomic mass is 10.0. The van der Waals surface area contributed by atoms with Crippen molar-refractivity contribution in [3.05, 3.63) is 24.0 Å². The molecule has 0 spiro atoms. The first-order chi connectivity index (χ1) is 10.3. The lowest BCUT2D eigenvalue weighted by Gasteiger charge is -2.27. The van der Waals surface area contributed by atoms with Gasteiger partial charge in [0.25, 0.3) is 6.43 Å². The Balaban J connectivity index is 2.81. The summed E-state index contributed by atoms with van der Waals surface area (Å²) >= 11 is 0. The molecular formula is C14H19F3N2O3. The Morgan fingerprint density at radius 2 is 2.14 bits per heavy atom. The summed E-state index contributed by atoms with van der Waals surface area (Å²) in [6, 6.07) is 2.52. The smallest absolute Gasteiger partial charge is 0.319 e. The molecule has 0 aliphatic carbocycles. The van der Waals surface area contributed by atoms with Gasteiger partial charge in [-0.2, -0.15) is 0 Å². The highest BCUT2D eigenvalue weighted by atomic mass is 19.3. The molecule has 1 rings (SSSR count). The molecule has 1 aromatic rings. The van der Waals surface area contributed by atoms with Gasteiger partial charge in [-0.15, -0.1) is 0 Å². The van der Waals surface area contributed by atoms with Crippen molar-refractivity contribution < 1.29 is 27.8 Å². The Kier molecular flexibility index (Phi) is 6.48. The summed E-state index contributed by atoms with van der Waals surface area (Å²) in [5.74, 6) is -0.873. The van der Waals surface area contributed by atoms with E-state index in [0.29, 0.717) is 6.42 Å². The Morgan fingerprint density at radius 3 is 2.68 bits per heavy atom. The van der Waals surface area contributed by atoms with Crippen molar-refractivity contribution in [2.24, 2.45) is 0 Å². The summed E-state index contributed by atoms with van der Waals surface area (Å²) in [6.45, 7) is 2.25. The number of carbonyl (C=O) groups excluding carboxylic acids is 1. The van der Waals surface area contributed by atoms with Crippen LogP contribution >= 0.6 is 0 Å². The Bertz CT molecular complexity index is 508. The van der Waals surface area contributed by atoms with Crippen LogP contribution in [-0.2, 0) is 0 Å². The molecule has 3 N–H and O–H groups in total. The average molecular weight is 320 g/mol. The van der Waals surface area contributed by atoms with Crippen molar-refractivity contribution >= 4 is 11.7 Å². The van der Waals surface area contributed by atoms with Gasteiger partial charge < -0.3 is 20.5 Å². The molecule has 0 radical (unpaired) electrons. The van der Waals surface area contributed by atoms with E-state index < -0.39 is 30.4 Å². The van der Waals surface area contributed by atoms with Gasteiger partial charge in [0.1, 0.15) is 18.2 Å². The summed E-state index contributed by atoms with van der Waals surface area (Å²) in [5.41, 5.74) is -0.773. The minimum absolute atomic E-state index is 0.0518. The monoisotopic (exact) mass is 320 g/mol. The molecule has 22 heavy (non-hydrogen) atoms. The third-order valence-electron chi connectivity index (χ3n) is 3.10. The number of amides is 2. The van der Waals surface area contributed by atoms with E-state index in [1.807, 2.05) is 0 Å². The number of anilines is 1. The highest BCUT2D eigenvalue weighted by molar-refractivity contribution is 5.91. The van der Waals surface area contributed by atoms with Crippen molar-refractivity contribution in [1.29, 1.82) is 0 Å². The van der Waals surface area contributed by atoms with Gasteiger partial charge in [0, 0.05) is 6.07 Å². The van der Waals surface area contributed by atoms with Gasteiger partial charge in [0.15, 0.2) is 0 Å². The average Bonchev–Trinajstić information content (AvgIpc) is 2.47. The number of aliphatic hydroxyl groups excluding tert-OH is 1. The van der Waals surface area contributed by atoms with E-state index in [1.54, 1.807) is 13.8 Å². The second-order valence-corrected chi connectivity index (χ2v) is 4.99. The van der Waals surface area contributed by atoms with Gasteiger partial charge in [-0.1, -0.05) is 6.92 Å². The van der Waals surface area contributed by atoms with Crippen LogP contribution in [0.3, 0.4) is 0 Å². The molecule has 124 valence electrons. The normalized spacial score (nSPS) is 13.6. The minimum atomic E-state index is -2.72. The molecule has 8 heteroatoms. The number of halogens is 3. The van der Waals surface area contributed by atoms with Gasteiger partial charge >= 0.3 is 6.03 Å². The summed E-state index contributed by atoms with van der Waals surface area (Å²) in [5, 5.41) is 14.2. The van der Waals surface area contributed by atoms with Gasteiger partial charge in [0.2, 0.25) is 0 Å². The first kappa shape index (κ1) is 18.1. The van der Waals surface area contributed by atoms with Crippen molar-refractivity contribution in [3.63, 3.8) is 0 Å². The topological polar surface area (TPSA) is 70.6 Å². The molecule has 1 unspecified atom stereocenters. The van der Waals surface area contributed by atoms with Crippen LogP contribution in [0.25, 0.3) is 0 Å². The molecule has 0 aliphatic heterocycles. The van der Waals surface area contributed by atoms with E-state index >= 15 is 0 Å². The lowest BCUT2D eigenvalue weighted by molar-refractivity contribution is 0.0821. The zero-order valence-electron chi connectivity index (χ0n) is 12.3. The second-order valence-electron chi connectivity index (χ2n) is 4.99. The standard InChI is InChI=1S/C14H19F3N2O3/c1-3-14(2,8-20)19-13(21)18-10-5-4-9(15)6-11(10)22-7-12(16)17/h4-6,12,20H,3,7-8H2,1-2H3,(H2,18,19,21). The molecule has 0 saturated heterocycles. The number of hydrogen-bond donors (Lipinski definition) is 3. The highest BCUT2D eigenvalue weighted by Gasteiger charge is 2.23. The van der Waals surface area contributed by atoms with E-state index in [9.17, 15) is 23.1 Å². The van der Waals surface area contributed by atoms with E-state index in [1.165, 1.54) is 6.07 Å². The SMILES string of the molecule is CCC(C)(CO)NC(=O)Nc1ccc(F)cc1OCC(F)F. The lowest BCUT2D eigenvalue weighted by Crippen LogP contribution is -2.50. The fourth-order valence-electron chi connectivity index (χ4n) is 1.54. The molecule has 0 aromatic heterocycles. The summed E-state index contributed by atoms with van der Waals surface area (Å²) in [6.07, 6.45) is -2.24. The summed E-state index contributed by atoms with van der Waals surface area (Å²) in [7, 11) is 0. The third kappa shape index (κ3) is 5.44. The molecule has 0 bridgehead atoms. The quantitative estimate of drug-likeness (QED) is 0.723. The Labute approximate surface area is 126 Å². The van der Waals surface area contributed by atoms with Gasteiger partial charge in [-0.05, 0) is 25.5 Å². The number of ether oxygens (including phenoxy) is 1. The van der Waals surface area contributed by atoms with Gasteiger partial charge in [-0.3, -0.25) is 0 Å². The minimum Gasteiger partial charge on any atom is -0.485 e. The maximum absolute atomic E-state index is 13.2.